The molecule has 0 unspecified atom stereocenters. The fourth-order valence-corrected chi connectivity index (χ4v) is 3.43. The van der Waals surface area contributed by atoms with Gasteiger partial charge in [-0.25, -0.2) is 4.98 Å². The molecule has 0 aromatic carbocycles. The van der Waals surface area contributed by atoms with E-state index in [4.69, 9.17) is 0 Å². The maximum absolute atomic E-state index is 12.7. The topological polar surface area (TPSA) is 54.3 Å². The van der Waals surface area contributed by atoms with Gasteiger partial charge >= 0.3 is 0 Å². The van der Waals surface area contributed by atoms with Crippen LogP contribution in [0.3, 0.4) is 0 Å². The molecule has 1 atom stereocenters. The van der Waals surface area contributed by atoms with E-state index in [1.807, 2.05) is 36.4 Å². The van der Waals surface area contributed by atoms with Gasteiger partial charge < -0.3 is 9.47 Å². The lowest BCUT2D eigenvalue weighted by Gasteiger charge is -2.24. The Bertz CT molecular complexity index is 684. The Morgan fingerprint density at radius 3 is 2.76 bits per heavy atom. The molecule has 0 radical (unpaired) electrons. The summed E-state index contributed by atoms with van der Waals surface area (Å²) >= 11 is 0. The molecule has 0 N–H and O–H groups in total. The lowest BCUT2D eigenvalue weighted by Crippen LogP contribution is -2.36. The van der Waals surface area contributed by atoms with Crippen molar-refractivity contribution >= 4 is 5.91 Å². The number of carbonyl (C=O) groups is 1. The van der Waals surface area contributed by atoms with Crippen LogP contribution >= 0.6 is 0 Å². The minimum Gasteiger partial charge on any atom is -0.341 e. The summed E-state index contributed by atoms with van der Waals surface area (Å²) in [6.07, 6.45) is 7.11. The molecule has 0 spiro atoms. The molecular weight excluding hydrogens is 314 g/mol. The second-order valence-electron chi connectivity index (χ2n) is 6.77. The first-order valence-electron chi connectivity index (χ1n) is 9.03. The minimum absolute atomic E-state index is 0.142. The average Bonchev–Trinajstić information content (AvgIpc) is 2.90. The Hall–Kier alpha value is -2.21. The molecule has 134 valence electrons. The van der Waals surface area contributed by atoms with Crippen LogP contribution in [0.2, 0.25) is 0 Å². The number of hydrogen-bond donors (Lipinski definition) is 0. The Labute approximate surface area is 149 Å². The number of aromatic nitrogens is 3. The van der Waals surface area contributed by atoms with Gasteiger partial charge in [0.2, 0.25) is 5.91 Å². The molecule has 2 aromatic rings. The Morgan fingerprint density at radius 2 is 2.04 bits per heavy atom. The zero-order chi connectivity index (χ0) is 17.6. The second kappa shape index (κ2) is 8.25. The summed E-state index contributed by atoms with van der Waals surface area (Å²) in [5.41, 5.74) is 1.09. The zero-order valence-electron chi connectivity index (χ0n) is 15.1. The third kappa shape index (κ3) is 4.66. The molecule has 6 nitrogen and oxygen atoms in total. The maximum atomic E-state index is 12.7. The summed E-state index contributed by atoms with van der Waals surface area (Å²) in [6, 6.07) is 6.16. The smallest absolute Gasteiger partial charge is 0.224 e. The summed E-state index contributed by atoms with van der Waals surface area (Å²) in [4.78, 5) is 25.7. The number of nitrogens with zero attached hydrogens (tertiary/aromatic N) is 5. The van der Waals surface area contributed by atoms with Crippen molar-refractivity contribution in [1.29, 1.82) is 0 Å². The van der Waals surface area contributed by atoms with Crippen LogP contribution in [0, 0.1) is 6.92 Å². The average molecular weight is 341 g/mol. The highest BCUT2D eigenvalue weighted by atomic mass is 16.2. The van der Waals surface area contributed by atoms with Crippen LogP contribution in [0.15, 0.2) is 36.8 Å². The van der Waals surface area contributed by atoms with Crippen LogP contribution in [-0.4, -0.2) is 56.4 Å². The Kier molecular flexibility index (Phi) is 5.81. The van der Waals surface area contributed by atoms with E-state index in [9.17, 15) is 4.79 Å². The molecule has 1 fully saturated rings. The predicted octanol–water partition coefficient (Wildman–Crippen LogP) is 2.27. The Balaban J connectivity index is 1.52. The monoisotopic (exact) mass is 341 g/mol. The van der Waals surface area contributed by atoms with Crippen molar-refractivity contribution in [3.05, 3.63) is 48.3 Å². The number of rotatable bonds is 5. The molecule has 1 aliphatic heterocycles. The molecule has 1 saturated heterocycles. The maximum Gasteiger partial charge on any atom is 0.224 e. The number of carbonyl (C=O) groups excluding carboxylic acids is 1. The van der Waals surface area contributed by atoms with Gasteiger partial charge in [-0.05, 0) is 32.4 Å². The number of imidazole rings is 1. The van der Waals surface area contributed by atoms with Crippen LogP contribution in [0.5, 0.6) is 0 Å². The standard InChI is InChI=1S/C19H27N5O/c1-16(24-11-8-20-17(24)2)14-19(25)23-10-5-9-22(12-13-23)15-18-6-3-4-7-21-18/h3-4,6-8,11,16H,5,9-10,12-15H2,1-2H3/t16-/m0/s1. The third-order valence-corrected chi connectivity index (χ3v) is 4.86. The molecule has 3 heterocycles. The van der Waals surface area contributed by atoms with Gasteiger partial charge in [0, 0.05) is 63.8 Å². The molecule has 1 amide bonds. The quantitative estimate of drug-likeness (QED) is 0.837. The normalized spacial score (nSPS) is 17.3. The van der Waals surface area contributed by atoms with Gasteiger partial charge in [0.05, 0.1) is 5.69 Å². The van der Waals surface area contributed by atoms with Crippen molar-refractivity contribution in [3.8, 4) is 0 Å². The number of pyridine rings is 1. The lowest BCUT2D eigenvalue weighted by atomic mass is 10.2. The van der Waals surface area contributed by atoms with Gasteiger partial charge in [-0.15, -0.1) is 0 Å². The van der Waals surface area contributed by atoms with Crippen LogP contribution in [0.4, 0.5) is 0 Å². The largest absolute Gasteiger partial charge is 0.341 e. The van der Waals surface area contributed by atoms with E-state index in [-0.39, 0.29) is 11.9 Å². The van der Waals surface area contributed by atoms with E-state index in [0.29, 0.717) is 6.42 Å². The SMILES string of the molecule is Cc1nccn1[C@@H](C)CC(=O)N1CCCN(Cc2ccccn2)CC1. The summed E-state index contributed by atoms with van der Waals surface area (Å²) in [5, 5.41) is 0. The van der Waals surface area contributed by atoms with Crippen molar-refractivity contribution < 1.29 is 4.79 Å². The second-order valence-corrected chi connectivity index (χ2v) is 6.77. The number of aryl methyl sites for hydroxylation is 1. The molecule has 1 aliphatic rings. The van der Waals surface area contributed by atoms with Crippen LogP contribution in [-0.2, 0) is 11.3 Å². The van der Waals surface area contributed by atoms with E-state index >= 15 is 0 Å². The van der Waals surface area contributed by atoms with Crippen LogP contribution in [0.1, 0.15) is 37.3 Å². The van der Waals surface area contributed by atoms with Crippen LogP contribution in [0.25, 0.3) is 0 Å². The van der Waals surface area contributed by atoms with E-state index in [1.165, 1.54) is 0 Å². The third-order valence-electron chi connectivity index (χ3n) is 4.86. The number of amides is 1. The van der Waals surface area contributed by atoms with E-state index in [1.54, 1.807) is 6.20 Å². The fraction of sp³-hybridized carbons (Fsp3) is 0.526. The molecule has 3 rings (SSSR count). The van der Waals surface area contributed by atoms with E-state index in [0.717, 1.165) is 50.7 Å². The Morgan fingerprint density at radius 1 is 1.16 bits per heavy atom. The molecular formula is C19H27N5O. The first kappa shape index (κ1) is 17.6. The fourth-order valence-electron chi connectivity index (χ4n) is 3.43. The van der Waals surface area contributed by atoms with E-state index in [2.05, 4.69) is 32.4 Å². The van der Waals surface area contributed by atoms with Crippen molar-refractivity contribution in [2.45, 2.75) is 39.3 Å². The molecule has 6 heteroatoms. The van der Waals surface area contributed by atoms with Crippen molar-refractivity contribution in [2.24, 2.45) is 0 Å². The predicted molar refractivity (Wildman–Crippen MR) is 97.0 cm³/mol. The van der Waals surface area contributed by atoms with Crippen molar-refractivity contribution in [3.63, 3.8) is 0 Å². The van der Waals surface area contributed by atoms with Gasteiger partial charge in [0.15, 0.2) is 0 Å². The summed E-state index contributed by atoms with van der Waals surface area (Å²) in [6.45, 7) is 8.46. The highest BCUT2D eigenvalue weighted by Gasteiger charge is 2.21. The summed E-state index contributed by atoms with van der Waals surface area (Å²) in [7, 11) is 0. The molecule has 0 bridgehead atoms. The van der Waals surface area contributed by atoms with Gasteiger partial charge in [-0.3, -0.25) is 14.7 Å². The van der Waals surface area contributed by atoms with Gasteiger partial charge in [0.1, 0.15) is 5.82 Å². The lowest BCUT2D eigenvalue weighted by molar-refractivity contribution is -0.131. The van der Waals surface area contributed by atoms with E-state index < -0.39 is 0 Å². The van der Waals surface area contributed by atoms with Gasteiger partial charge in [-0.1, -0.05) is 6.07 Å². The molecule has 0 saturated carbocycles. The molecule has 25 heavy (non-hydrogen) atoms. The number of hydrogen-bond acceptors (Lipinski definition) is 4. The highest BCUT2D eigenvalue weighted by Crippen LogP contribution is 2.16. The first-order chi connectivity index (χ1) is 12.1. The molecule has 0 aliphatic carbocycles. The minimum atomic E-state index is 0.142. The van der Waals surface area contributed by atoms with Crippen LogP contribution < -0.4 is 0 Å². The van der Waals surface area contributed by atoms with Gasteiger partial charge in [-0.2, -0.15) is 0 Å². The van der Waals surface area contributed by atoms with Crippen molar-refractivity contribution in [1.82, 2.24) is 24.3 Å². The van der Waals surface area contributed by atoms with Gasteiger partial charge in [0.25, 0.3) is 0 Å². The molecule has 2 aromatic heterocycles. The first-order valence-corrected chi connectivity index (χ1v) is 9.03. The summed E-state index contributed by atoms with van der Waals surface area (Å²) in [5.74, 6) is 1.19. The van der Waals surface area contributed by atoms with Crippen molar-refractivity contribution in [2.75, 3.05) is 26.2 Å². The highest BCUT2D eigenvalue weighted by molar-refractivity contribution is 5.76. The zero-order valence-corrected chi connectivity index (χ0v) is 15.1. The summed E-state index contributed by atoms with van der Waals surface area (Å²) < 4.78 is 2.07.